The van der Waals surface area contributed by atoms with E-state index in [2.05, 4.69) is 10.6 Å². The molecular weight excluding hydrogens is 462 g/mol. The van der Waals surface area contributed by atoms with Gasteiger partial charge in [-0.05, 0) is 77.0 Å². The van der Waals surface area contributed by atoms with Crippen LogP contribution in [0.1, 0.15) is 82.0 Å². The van der Waals surface area contributed by atoms with Crippen molar-refractivity contribution in [3.05, 3.63) is 34.9 Å². The summed E-state index contributed by atoms with van der Waals surface area (Å²) >= 11 is 1.60. The third-order valence-electron chi connectivity index (χ3n) is 6.25. The lowest BCUT2D eigenvalue weighted by Crippen LogP contribution is -2.52. The van der Waals surface area contributed by atoms with Gasteiger partial charge in [0.05, 0.1) is 0 Å². The van der Waals surface area contributed by atoms with Gasteiger partial charge in [0, 0.05) is 13.1 Å². The molecule has 7 nitrogen and oxygen atoms in total. The molecule has 0 bridgehead atoms. The number of likely N-dealkylation sites (N-methyl/N-ethyl adjacent to an activating group) is 1. The summed E-state index contributed by atoms with van der Waals surface area (Å²) in [5, 5.41) is 5.94. The quantitative estimate of drug-likeness (QED) is 0.499. The van der Waals surface area contributed by atoms with Crippen molar-refractivity contribution < 1.29 is 19.1 Å². The number of hydrogen-bond donors (Lipinski definition) is 2. The number of ether oxygens (including phenoxy) is 1. The number of thioether (sulfide) groups is 1. The van der Waals surface area contributed by atoms with Gasteiger partial charge in [0.15, 0.2) is 0 Å². The number of alkyl carbamates (subject to hydrolysis) is 1. The highest BCUT2D eigenvalue weighted by Gasteiger charge is 2.35. The largest absolute Gasteiger partial charge is 0.444 e. The number of benzene rings is 1. The van der Waals surface area contributed by atoms with Gasteiger partial charge in [0.2, 0.25) is 11.8 Å². The maximum atomic E-state index is 13.7. The highest BCUT2D eigenvalue weighted by molar-refractivity contribution is 7.98. The van der Waals surface area contributed by atoms with Gasteiger partial charge in [-0.3, -0.25) is 9.59 Å². The Kier molecular flexibility index (Phi) is 10.9. The smallest absolute Gasteiger partial charge is 0.408 e. The van der Waals surface area contributed by atoms with Gasteiger partial charge < -0.3 is 20.3 Å². The minimum Gasteiger partial charge on any atom is -0.444 e. The molecular formula is C27H43N3O4S. The highest BCUT2D eigenvalue weighted by atomic mass is 32.2. The van der Waals surface area contributed by atoms with E-state index in [0.717, 1.165) is 42.4 Å². The molecule has 2 rings (SSSR count). The minimum atomic E-state index is -0.793. The maximum Gasteiger partial charge on any atom is 0.408 e. The molecule has 2 N–H and O–H groups in total. The Morgan fingerprint density at radius 3 is 2.37 bits per heavy atom. The fourth-order valence-corrected chi connectivity index (χ4v) is 4.97. The molecule has 0 radical (unpaired) electrons. The molecule has 0 aromatic heterocycles. The van der Waals surface area contributed by atoms with Gasteiger partial charge >= 0.3 is 6.09 Å². The second-order valence-corrected chi connectivity index (χ2v) is 11.5. The predicted molar refractivity (Wildman–Crippen MR) is 143 cm³/mol. The first-order chi connectivity index (χ1) is 16.4. The Labute approximate surface area is 215 Å². The number of nitrogens with zero attached hydrogens (tertiary/aromatic N) is 1. The molecule has 196 valence electrons. The Balaban J connectivity index is 2.33. The first kappa shape index (κ1) is 29.0. The van der Waals surface area contributed by atoms with E-state index < -0.39 is 23.8 Å². The molecule has 1 aromatic rings. The van der Waals surface area contributed by atoms with Crippen LogP contribution in [0.15, 0.2) is 18.2 Å². The Bertz CT molecular complexity index is 878. The molecule has 3 amide bonds. The van der Waals surface area contributed by atoms with Crippen LogP contribution in [0, 0.1) is 13.8 Å². The number of hydrogen-bond acceptors (Lipinski definition) is 5. The van der Waals surface area contributed by atoms with Crippen molar-refractivity contribution in [1.29, 1.82) is 0 Å². The van der Waals surface area contributed by atoms with Crippen molar-refractivity contribution in [2.45, 2.75) is 96.9 Å². The van der Waals surface area contributed by atoms with Crippen molar-refractivity contribution >= 4 is 29.7 Å². The fourth-order valence-electron chi connectivity index (χ4n) is 4.50. The van der Waals surface area contributed by atoms with Crippen LogP contribution >= 0.6 is 11.8 Å². The van der Waals surface area contributed by atoms with E-state index in [1.54, 1.807) is 39.6 Å². The standard InChI is InChI=1S/C27H43N3O4S/c1-18-13-14-21(19(2)17-18)23(24(31)28-20-11-9-8-10-12-20)30(6)25(32)22(15-16-35-7)29-26(33)34-27(3,4)5/h13-14,17,20,22-23H,8-12,15-16H2,1-7H3,(H,28,31)(H,29,33). The molecule has 2 atom stereocenters. The lowest BCUT2D eigenvalue weighted by molar-refractivity contribution is -0.141. The first-order valence-electron chi connectivity index (χ1n) is 12.6. The number of nitrogens with one attached hydrogen (secondary N) is 2. The third kappa shape index (κ3) is 9.06. The summed E-state index contributed by atoms with van der Waals surface area (Å²) in [6, 6.07) is 4.46. The van der Waals surface area contributed by atoms with Gasteiger partial charge in [-0.25, -0.2) is 4.79 Å². The van der Waals surface area contributed by atoms with Crippen LogP contribution in [0.25, 0.3) is 0 Å². The van der Waals surface area contributed by atoms with Crippen molar-refractivity contribution in [3.63, 3.8) is 0 Å². The summed E-state index contributed by atoms with van der Waals surface area (Å²) in [6.45, 7) is 9.31. The van der Waals surface area contributed by atoms with Gasteiger partial charge in [-0.15, -0.1) is 0 Å². The van der Waals surface area contributed by atoms with E-state index in [9.17, 15) is 14.4 Å². The Hall–Kier alpha value is -2.22. The third-order valence-corrected chi connectivity index (χ3v) is 6.90. The second-order valence-electron chi connectivity index (χ2n) is 10.5. The zero-order valence-electron chi connectivity index (χ0n) is 22.4. The number of amides is 3. The SMILES string of the molecule is CSCCC(NC(=O)OC(C)(C)C)C(=O)N(C)C(C(=O)NC1CCCCC1)c1ccc(C)cc1C. The summed E-state index contributed by atoms with van der Waals surface area (Å²) in [5.74, 6) is 0.192. The normalized spacial score (nSPS) is 16.2. The average molecular weight is 506 g/mol. The summed E-state index contributed by atoms with van der Waals surface area (Å²) in [4.78, 5) is 41.3. The molecule has 0 heterocycles. The van der Waals surface area contributed by atoms with E-state index in [1.165, 1.54) is 11.3 Å². The van der Waals surface area contributed by atoms with Crippen LogP contribution in [0.3, 0.4) is 0 Å². The van der Waals surface area contributed by atoms with E-state index in [1.807, 2.05) is 38.3 Å². The van der Waals surface area contributed by atoms with E-state index in [0.29, 0.717) is 12.2 Å². The number of rotatable bonds is 9. The maximum absolute atomic E-state index is 13.7. The van der Waals surface area contributed by atoms with E-state index in [4.69, 9.17) is 4.74 Å². The Morgan fingerprint density at radius 1 is 1.14 bits per heavy atom. The number of carbonyl (C=O) groups excluding carboxylic acids is 3. The van der Waals surface area contributed by atoms with Gasteiger partial charge in [-0.1, -0.05) is 43.0 Å². The molecule has 1 aliphatic carbocycles. The summed E-state index contributed by atoms with van der Waals surface area (Å²) < 4.78 is 5.40. The summed E-state index contributed by atoms with van der Waals surface area (Å²) in [5.41, 5.74) is 2.16. The van der Waals surface area contributed by atoms with Crippen molar-refractivity contribution in [3.8, 4) is 0 Å². The lowest BCUT2D eigenvalue weighted by Gasteiger charge is -2.34. The number of carbonyl (C=O) groups is 3. The van der Waals surface area contributed by atoms with Crippen molar-refractivity contribution in [2.24, 2.45) is 0 Å². The van der Waals surface area contributed by atoms with E-state index in [-0.39, 0.29) is 17.9 Å². The zero-order chi connectivity index (χ0) is 26.2. The molecule has 35 heavy (non-hydrogen) atoms. The fraction of sp³-hybridized carbons (Fsp3) is 0.667. The molecule has 8 heteroatoms. The molecule has 1 aliphatic rings. The molecule has 1 aromatic carbocycles. The van der Waals surface area contributed by atoms with Crippen LogP contribution in [0.5, 0.6) is 0 Å². The second kappa shape index (κ2) is 13.2. The molecule has 1 fully saturated rings. The van der Waals surface area contributed by atoms with E-state index >= 15 is 0 Å². The molecule has 1 saturated carbocycles. The van der Waals surface area contributed by atoms with Crippen LogP contribution < -0.4 is 10.6 Å². The summed E-state index contributed by atoms with van der Waals surface area (Å²) in [6.07, 6.45) is 7.06. The first-order valence-corrected chi connectivity index (χ1v) is 13.9. The van der Waals surface area contributed by atoms with Crippen LogP contribution in [-0.2, 0) is 14.3 Å². The van der Waals surface area contributed by atoms with Gasteiger partial charge in [0.25, 0.3) is 0 Å². The van der Waals surface area contributed by atoms with Crippen molar-refractivity contribution in [1.82, 2.24) is 15.5 Å². The number of aryl methyl sites for hydroxylation is 2. The lowest BCUT2D eigenvalue weighted by atomic mass is 9.93. The topological polar surface area (TPSA) is 87.7 Å². The van der Waals surface area contributed by atoms with Gasteiger partial charge in [-0.2, -0.15) is 11.8 Å². The molecule has 2 unspecified atom stereocenters. The molecule has 0 saturated heterocycles. The average Bonchev–Trinajstić information content (AvgIpc) is 2.77. The predicted octanol–water partition coefficient (Wildman–Crippen LogP) is 4.90. The molecule has 0 spiro atoms. The van der Waals surface area contributed by atoms with Gasteiger partial charge in [0.1, 0.15) is 17.7 Å². The van der Waals surface area contributed by atoms with Crippen LogP contribution in [-0.4, -0.2) is 59.5 Å². The van der Waals surface area contributed by atoms with Crippen LogP contribution in [0.2, 0.25) is 0 Å². The minimum absolute atomic E-state index is 0.125. The monoisotopic (exact) mass is 505 g/mol. The molecule has 0 aliphatic heterocycles. The van der Waals surface area contributed by atoms with Crippen molar-refractivity contribution in [2.75, 3.05) is 19.1 Å². The highest BCUT2D eigenvalue weighted by Crippen LogP contribution is 2.27. The zero-order valence-corrected chi connectivity index (χ0v) is 23.2. The Morgan fingerprint density at radius 2 is 1.80 bits per heavy atom. The van der Waals surface area contributed by atoms with Crippen LogP contribution in [0.4, 0.5) is 4.79 Å². The summed E-state index contributed by atoms with van der Waals surface area (Å²) in [7, 11) is 1.65.